The molecule has 5 nitrogen and oxygen atoms in total. The van der Waals surface area contributed by atoms with Crippen LogP contribution in [0, 0.1) is 0 Å². The van der Waals surface area contributed by atoms with Crippen LogP contribution in [0.1, 0.15) is 40.0 Å². The lowest BCUT2D eigenvalue weighted by atomic mass is 9.89. The predicted molar refractivity (Wildman–Crippen MR) is 68.6 cm³/mol. The first kappa shape index (κ1) is 13.6. The van der Waals surface area contributed by atoms with E-state index in [2.05, 4.69) is 10.6 Å². The van der Waals surface area contributed by atoms with Crippen LogP contribution < -0.4 is 10.6 Å². The summed E-state index contributed by atoms with van der Waals surface area (Å²) in [4.78, 5) is 11.7. The Morgan fingerprint density at radius 3 is 2.67 bits per heavy atom. The Morgan fingerprint density at radius 1 is 1.39 bits per heavy atom. The van der Waals surface area contributed by atoms with E-state index in [0.29, 0.717) is 6.61 Å². The van der Waals surface area contributed by atoms with E-state index in [-0.39, 0.29) is 23.3 Å². The van der Waals surface area contributed by atoms with Gasteiger partial charge in [0.15, 0.2) is 0 Å². The van der Waals surface area contributed by atoms with Gasteiger partial charge in [-0.25, -0.2) is 4.79 Å². The Labute approximate surface area is 109 Å². The van der Waals surface area contributed by atoms with Gasteiger partial charge in [0.05, 0.1) is 12.2 Å². The number of hydrogen-bond acceptors (Lipinski definition) is 4. The van der Waals surface area contributed by atoms with Crippen molar-refractivity contribution < 1.29 is 14.3 Å². The summed E-state index contributed by atoms with van der Waals surface area (Å²) in [5.74, 6) is 0. The average Bonchev–Trinajstić information content (AvgIpc) is 2.59. The number of piperidine rings is 1. The Morgan fingerprint density at radius 2 is 2.06 bits per heavy atom. The summed E-state index contributed by atoms with van der Waals surface area (Å²) in [6.45, 7) is 8.31. The maximum Gasteiger partial charge on any atom is 0.407 e. The Balaban J connectivity index is 1.80. The van der Waals surface area contributed by atoms with Gasteiger partial charge in [-0.1, -0.05) is 0 Å². The van der Waals surface area contributed by atoms with Gasteiger partial charge in [-0.05, 0) is 46.7 Å². The zero-order valence-corrected chi connectivity index (χ0v) is 11.5. The normalized spacial score (nSPS) is 27.2. The van der Waals surface area contributed by atoms with Gasteiger partial charge >= 0.3 is 6.09 Å². The molecule has 0 aromatic rings. The van der Waals surface area contributed by atoms with Crippen molar-refractivity contribution in [3.05, 3.63) is 0 Å². The summed E-state index contributed by atoms with van der Waals surface area (Å²) in [6.07, 6.45) is 2.39. The lowest BCUT2D eigenvalue weighted by molar-refractivity contribution is -0.0213. The molecule has 1 amide bonds. The molecule has 1 unspecified atom stereocenters. The van der Waals surface area contributed by atoms with E-state index in [1.807, 2.05) is 20.8 Å². The van der Waals surface area contributed by atoms with Crippen molar-refractivity contribution in [3.8, 4) is 0 Å². The Kier molecular flexibility index (Phi) is 3.82. The zero-order valence-electron chi connectivity index (χ0n) is 11.5. The van der Waals surface area contributed by atoms with Crippen LogP contribution in [-0.4, -0.2) is 43.0 Å². The van der Waals surface area contributed by atoms with E-state index in [1.165, 1.54) is 0 Å². The third-order valence-electron chi connectivity index (χ3n) is 3.44. The molecule has 18 heavy (non-hydrogen) atoms. The molecule has 2 heterocycles. The van der Waals surface area contributed by atoms with Gasteiger partial charge in [0.1, 0.15) is 6.10 Å². The van der Waals surface area contributed by atoms with Crippen molar-refractivity contribution in [1.82, 2.24) is 10.6 Å². The van der Waals surface area contributed by atoms with Gasteiger partial charge in [0, 0.05) is 12.0 Å². The zero-order chi connectivity index (χ0) is 13.2. The number of alkyl carbamates (subject to hydrolysis) is 1. The van der Waals surface area contributed by atoms with Gasteiger partial charge in [-0.2, -0.15) is 0 Å². The number of ether oxygens (including phenoxy) is 2. The van der Waals surface area contributed by atoms with Gasteiger partial charge < -0.3 is 20.1 Å². The SMILES string of the molecule is CC(C)(C)NC(=O)OC1COC2(CCNCC2)C1. The standard InChI is InChI=1S/C13H24N2O3/c1-12(2,3)15-11(16)18-10-8-13(17-9-10)4-6-14-7-5-13/h10,14H,4-9H2,1-3H3,(H,15,16). The fraction of sp³-hybridized carbons (Fsp3) is 0.923. The van der Waals surface area contributed by atoms with E-state index in [1.54, 1.807) is 0 Å². The first-order chi connectivity index (χ1) is 8.39. The second-order valence-electron chi connectivity index (χ2n) is 6.35. The van der Waals surface area contributed by atoms with Crippen LogP contribution in [0.3, 0.4) is 0 Å². The summed E-state index contributed by atoms with van der Waals surface area (Å²) in [5, 5.41) is 6.13. The van der Waals surface area contributed by atoms with Gasteiger partial charge in [0.25, 0.3) is 0 Å². The fourth-order valence-electron chi connectivity index (χ4n) is 2.60. The molecule has 0 aromatic carbocycles. The summed E-state index contributed by atoms with van der Waals surface area (Å²) >= 11 is 0. The van der Waals surface area contributed by atoms with Gasteiger partial charge in [-0.15, -0.1) is 0 Å². The molecule has 2 aliphatic rings. The molecule has 104 valence electrons. The molecule has 5 heteroatoms. The molecule has 0 radical (unpaired) electrons. The molecule has 0 aromatic heterocycles. The van der Waals surface area contributed by atoms with E-state index in [9.17, 15) is 4.79 Å². The highest BCUT2D eigenvalue weighted by Crippen LogP contribution is 2.35. The van der Waals surface area contributed by atoms with Crippen LogP contribution in [0.4, 0.5) is 4.79 Å². The van der Waals surface area contributed by atoms with Crippen LogP contribution in [0.5, 0.6) is 0 Å². The highest BCUT2D eigenvalue weighted by Gasteiger charge is 2.42. The molecule has 2 rings (SSSR count). The second-order valence-corrected chi connectivity index (χ2v) is 6.35. The second kappa shape index (κ2) is 5.05. The molecule has 0 aliphatic carbocycles. The minimum absolute atomic E-state index is 0.0576. The summed E-state index contributed by atoms with van der Waals surface area (Å²) < 4.78 is 11.3. The number of hydrogen-bond donors (Lipinski definition) is 2. The number of rotatable bonds is 1. The minimum Gasteiger partial charge on any atom is -0.444 e. The Hall–Kier alpha value is -0.810. The Bertz CT molecular complexity index is 306. The molecule has 2 fully saturated rings. The van der Waals surface area contributed by atoms with Gasteiger partial charge in [-0.3, -0.25) is 0 Å². The maximum absolute atomic E-state index is 11.7. The first-order valence-electron chi connectivity index (χ1n) is 6.72. The molecule has 0 bridgehead atoms. The van der Waals surface area contributed by atoms with E-state index in [0.717, 1.165) is 32.4 Å². The van der Waals surface area contributed by atoms with Crippen LogP contribution >= 0.6 is 0 Å². The maximum atomic E-state index is 11.7. The largest absolute Gasteiger partial charge is 0.444 e. The molecule has 2 saturated heterocycles. The lowest BCUT2D eigenvalue weighted by Crippen LogP contribution is -2.43. The van der Waals surface area contributed by atoms with E-state index >= 15 is 0 Å². The van der Waals surface area contributed by atoms with Crippen molar-refractivity contribution >= 4 is 6.09 Å². The monoisotopic (exact) mass is 256 g/mol. The lowest BCUT2D eigenvalue weighted by Gasteiger charge is -2.32. The van der Waals surface area contributed by atoms with Crippen LogP contribution in [-0.2, 0) is 9.47 Å². The highest BCUT2D eigenvalue weighted by atomic mass is 16.6. The number of carbonyl (C=O) groups is 1. The van der Waals surface area contributed by atoms with E-state index < -0.39 is 0 Å². The topological polar surface area (TPSA) is 59.6 Å². The van der Waals surface area contributed by atoms with E-state index in [4.69, 9.17) is 9.47 Å². The van der Waals surface area contributed by atoms with Crippen molar-refractivity contribution in [1.29, 1.82) is 0 Å². The summed E-state index contributed by atoms with van der Waals surface area (Å²) in [6, 6.07) is 0. The highest BCUT2D eigenvalue weighted by molar-refractivity contribution is 5.68. The van der Waals surface area contributed by atoms with Crippen molar-refractivity contribution in [2.75, 3.05) is 19.7 Å². The molecular formula is C13H24N2O3. The smallest absolute Gasteiger partial charge is 0.407 e. The predicted octanol–water partition coefficient (Wildman–Crippen LogP) is 1.42. The first-order valence-corrected chi connectivity index (χ1v) is 6.72. The van der Waals surface area contributed by atoms with Crippen molar-refractivity contribution in [3.63, 3.8) is 0 Å². The summed E-state index contributed by atoms with van der Waals surface area (Å²) in [7, 11) is 0. The molecule has 1 spiro atoms. The number of nitrogens with one attached hydrogen (secondary N) is 2. The summed E-state index contributed by atoms with van der Waals surface area (Å²) in [5.41, 5.74) is -0.319. The van der Waals surface area contributed by atoms with Crippen molar-refractivity contribution in [2.24, 2.45) is 0 Å². The third-order valence-corrected chi connectivity index (χ3v) is 3.44. The molecule has 2 N–H and O–H groups in total. The van der Waals surface area contributed by atoms with Crippen LogP contribution in [0.25, 0.3) is 0 Å². The van der Waals surface area contributed by atoms with Crippen LogP contribution in [0.2, 0.25) is 0 Å². The average molecular weight is 256 g/mol. The minimum atomic E-state index is -0.345. The molecular weight excluding hydrogens is 232 g/mol. The van der Waals surface area contributed by atoms with Crippen LogP contribution in [0.15, 0.2) is 0 Å². The number of carbonyl (C=O) groups excluding carboxylic acids is 1. The fourth-order valence-corrected chi connectivity index (χ4v) is 2.60. The third kappa shape index (κ3) is 3.59. The molecule has 1 atom stereocenters. The quantitative estimate of drug-likeness (QED) is 0.745. The molecule has 0 saturated carbocycles. The van der Waals surface area contributed by atoms with Gasteiger partial charge in [0.2, 0.25) is 0 Å². The molecule has 2 aliphatic heterocycles. The van der Waals surface area contributed by atoms with Crippen molar-refractivity contribution in [2.45, 2.75) is 57.3 Å². The number of amides is 1.